The molecule has 0 amide bonds. The standard InChI is InChI=1S/C8H4BrClN2O.C4H8O/c9-5-1-4-6(2-7(5)13)11-3-12-8(4)10;1-2-4-5-3-1/h1-3,13H;1-4H2. The highest BCUT2D eigenvalue weighted by molar-refractivity contribution is 9.10. The van der Waals surface area contributed by atoms with Crippen molar-refractivity contribution < 1.29 is 9.84 Å². The first-order chi connectivity index (χ1) is 8.68. The number of rotatable bonds is 0. The molecule has 18 heavy (non-hydrogen) atoms. The number of phenols is 1. The molecule has 0 unspecified atom stereocenters. The van der Waals surface area contributed by atoms with Gasteiger partial charge in [-0.1, -0.05) is 11.6 Å². The molecule has 0 atom stereocenters. The lowest BCUT2D eigenvalue weighted by atomic mass is 10.2. The molecule has 4 nitrogen and oxygen atoms in total. The molecular weight excluding hydrogens is 320 g/mol. The maximum absolute atomic E-state index is 9.36. The quantitative estimate of drug-likeness (QED) is 0.750. The van der Waals surface area contributed by atoms with Crippen LogP contribution in [-0.2, 0) is 4.74 Å². The van der Waals surface area contributed by atoms with E-state index in [-0.39, 0.29) is 5.75 Å². The summed E-state index contributed by atoms with van der Waals surface area (Å²) in [6, 6.07) is 3.22. The molecule has 1 aliphatic rings. The first-order valence-corrected chi connectivity index (χ1v) is 6.72. The van der Waals surface area contributed by atoms with Gasteiger partial charge in [-0.25, -0.2) is 9.97 Å². The number of nitrogens with zero attached hydrogens (tertiary/aromatic N) is 2. The van der Waals surface area contributed by atoms with E-state index in [9.17, 15) is 5.11 Å². The van der Waals surface area contributed by atoms with Gasteiger partial charge in [0.2, 0.25) is 0 Å². The van der Waals surface area contributed by atoms with Crippen LogP contribution >= 0.6 is 27.5 Å². The Labute approximate surface area is 118 Å². The lowest BCUT2D eigenvalue weighted by molar-refractivity contribution is 0.198. The summed E-state index contributed by atoms with van der Waals surface area (Å²) in [6.07, 6.45) is 3.91. The van der Waals surface area contributed by atoms with Gasteiger partial charge < -0.3 is 9.84 Å². The van der Waals surface area contributed by atoms with Gasteiger partial charge in [0.15, 0.2) is 0 Å². The SMILES string of the molecule is C1CCOC1.Oc1cc2ncnc(Cl)c2cc1Br. The summed E-state index contributed by atoms with van der Waals surface area (Å²) in [5, 5.41) is 10.5. The summed E-state index contributed by atoms with van der Waals surface area (Å²) in [5.74, 6) is 0.141. The van der Waals surface area contributed by atoms with E-state index in [1.54, 1.807) is 6.07 Å². The van der Waals surface area contributed by atoms with Crippen molar-refractivity contribution in [2.24, 2.45) is 0 Å². The minimum absolute atomic E-state index is 0.141. The van der Waals surface area contributed by atoms with Crippen LogP contribution in [0.4, 0.5) is 0 Å². The van der Waals surface area contributed by atoms with E-state index < -0.39 is 0 Å². The first kappa shape index (κ1) is 13.5. The summed E-state index contributed by atoms with van der Waals surface area (Å²) < 4.78 is 5.52. The van der Waals surface area contributed by atoms with E-state index in [1.165, 1.54) is 25.2 Å². The van der Waals surface area contributed by atoms with Gasteiger partial charge in [-0.2, -0.15) is 0 Å². The Hall–Kier alpha value is -0.910. The summed E-state index contributed by atoms with van der Waals surface area (Å²) in [5.41, 5.74) is 0.626. The zero-order valence-electron chi connectivity index (χ0n) is 9.57. The predicted octanol–water partition coefficient (Wildman–Crippen LogP) is 3.55. The fourth-order valence-corrected chi connectivity index (χ4v) is 2.08. The van der Waals surface area contributed by atoms with Crippen molar-refractivity contribution in [2.45, 2.75) is 12.8 Å². The van der Waals surface area contributed by atoms with Crippen LogP contribution in [0.1, 0.15) is 12.8 Å². The topological polar surface area (TPSA) is 55.2 Å². The van der Waals surface area contributed by atoms with Gasteiger partial charge in [-0.15, -0.1) is 0 Å². The third kappa shape index (κ3) is 3.31. The third-order valence-electron chi connectivity index (χ3n) is 2.48. The molecule has 1 aromatic carbocycles. The number of fused-ring (bicyclic) bond motifs is 1. The minimum Gasteiger partial charge on any atom is -0.507 e. The van der Waals surface area contributed by atoms with E-state index in [1.807, 2.05) is 0 Å². The average molecular weight is 332 g/mol. The molecule has 0 bridgehead atoms. The smallest absolute Gasteiger partial charge is 0.140 e. The number of halogens is 2. The van der Waals surface area contributed by atoms with Crippen LogP contribution in [-0.4, -0.2) is 28.3 Å². The number of aromatic nitrogens is 2. The number of hydrogen-bond acceptors (Lipinski definition) is 4. The van der Waals surface area contributed by atoms with E-state index >= 15 is 0 Å². The van der Waals surface area contributed by atoms with Crippen LogP contribution in [0.5, 0.6) is 5.75 Å². The zero-order valence-corrected chi connectivity index (χ0v) is 11.9. The molecule has 1 N–H and O–H groups in total. The van der Waals surface area contributed by atoms with Crippen LogP contribution < -0.4 is 0 Å². The van der Waals surface area contributed by atoms with Crippen LogP contribution in [0.25, 0.3) is 10.9 Å². The fourth-order valence-electron chi connectivity index (χ4n) is 1.54. The van der Waals surface area contributed by atoms with E-state index in [2.05, 4.69) is 25.9 Å². The van der Waals surface area contributed by atoms with Crippen molar-refractivity contribution >= 4 is 38.4 Å². The molecule has 1 aliphatic heterocycles. The van der Waals surface area contributed by atoms with Gasteiger partial charge in [0.25, 0.3) is 0 Å². The normalized spacial score (nSPS) is 14.3. The van der Waals surface area contributed by atoms with Gasteiger partial charge in [0, 0.05) is 24.7 Å². The monoisotopic (exact) mass is 330 g/mol. The Bertz CT molecular complexity index is 539. The molecule has 96 valence electrons. The van der Waals surface area contributed by atoms with Gasteiger partial charge in [-0.05, 0) is 34.8 Å². The Morgan fingerprint density at radius 2 is 1.94 bits per heavy atom. The second-order valence-electron chi connectivity index (χ2n) is 3.80. The highest BCUT2D eigenvalue weighted by Crippen LogP contribution is 2.30. The van der Waals surface area contributed by atoms with Gasteiger partial charge in [0.1, 0.15) is 17.2 Å². The number of phenolic OH excluding ortho intramolecular Hbond substituents is 1. The van der Waals surface area contributed by atoms with Crippen molar-refractivity contribution in [2.75, 3.05) is 13.2 Å². The van der Waals surface area contributed by atoms with Crippen molar-refractivity contribution in [1.82, 2.24) is 9.97 Å². The Kier molecular flexibility index (Phi) is 4.74. The molecule has 2 aromatic rings. The highest BCUT2D eigenvalue weighted by Gasteiger charge is 2.05. The lowest BCUT2D eigenvalue weighted by Crippen LogP contribution is -1.83. The van der Waals surface area contributed by atoms with Crippen LogP contribution in [0.2, 0.25) is 5.15 Å². The van der Waals surface area contributed by atoms with Crippen molar-refractivity contribution in [3.63, 3.8) is 0 Å². The molecular formula is C12H12BrClN2O2. The van der Waals surface area contributed by atoms with E-state index in [4.69, 9.17) is 16.3 Å². The molecule has 0 saturated carbocycles. The van der Waals surface area contributed by atoms with Gasteiger partial charge in [-0.3, -0.25) is 0 Å². The molecule has 6 heteroatoms. The van der Waals surface area contributed by atoms with E-state index in [0.717, 1.165) is 13.2 Å². The number of ether oxygens (including phenoxy) is 1. The fraction of sp³-hybridized carbons (Fsp3) is 0.333. The summed E-state index contributed by atoms with van der Waals surface area (Å²) >= 11 is 9.01. The molecule has 3 rings (SSSR count). The Morgan fingerprint density at radius 1 is 1.22 bits per heavy atom. The summed E-state index contributed by atoms with van der Waals surface area (Å²) in [4.78, 5) is 7.80. The number of aromatic hydroxyl groups is 1. The maximum Gasteiger partial charge on any atom is 0.140 e. The molecule has 1 aromatic heterocycles. The Balaban J connectivity index is 0.000000202. The van der Waals surface area contributed by atoms with Gasteiger partial charge >= 0.3 is 0 Å². The first-order valence-electron chi connectivity index (χ1n) is 5.55. The number of hydrogen-bond donors (Lipinski definition) is 1. The summed E-state index contributed by atoms with van der Waals surface area (Å²) in [6.45, 7) is 2.00. The molecule has 0 radical (unpaired) electrons. The largest absolute Gasteiger partial charge is 0.507 e. The maximum atomic E-state index is 9.36. The van der Waals surface area contributed by atoms with Gasteiger partial charge in [0.05, 0.1) is 9.99 Å². The van der Waals surface area contributed by atoms with Crippen LogP contribution in [0, 0.1) is 0 Å². The van der Waals surface area contributed by atoms with E-state index in [0.29, 0.717) is 20.5 Å². The minimum atomic E-state index is 0.141. The predicted molar refractivity (Wildman–Crippen MR) is 74.0 cm³/mol. The van der Waals surface area contributed by atoms with Crippen LogP contribution in [0.15, 0.2) is 22.9 Å². The van der Waals surface area contributed by atoms with Crippen molar-refractivity contribution in [3.8, 4) is 5.75 Å². The lowest BCUT2D eigenvalue weighted by Gasteiger charge is -2.01. The zero-order chi connectivity index (χ0) is 13.0. The molecule has 0 spiro atoms. The average Bonchev–Trinajstić information content (AvgIpc) is 2.91. The molecule has 2 heterocycles. The Morgan fingerprint density at radius 3 is 2.56 bits per heavy atom. The van der Waals surface area contributed by atoms with Crippen molar-refractivity contribution in [3.05, 3.63) is 28.1 Å². The molecule has 1 saturated heterocycles. The third-order valence-corrected chi connectivity index (χ3v) is 3.42. The van der Waals surface area contributed by atoms with Crippen LogP contribution in [0.3, 0.4) is 0 Å². The second kappa shape index (κ2) is 6.31. The number of benzene rings is 1. The molecule has 0 aliphatic carbocycles. The second-order valence-corrected chi connectivity index (χ2v) is 5.02. The summed E-state index contributed by atoms with van der Waals surface area (Å²) in [7, 11) is 0. The van der Waals surface area contributed by atoms with Crippen molar-refractivity contribution in [1.29, 1.82) is 0 Å². The highest BCUT2D eigenvalue weighted by atomic mass is 79.9. The molecule has 1 fully saturated rings.